The second-order valence-corrected chi connectivity index (χ2v) is 6.69. The Labute approximate surface area is 113 Å². The Kier molecular flexibility index (Phi) is 1.97. The maximum absolute atomic E-state index is 4.65. The number of nitrogens with zero attached hydrogens (tertiary/aromatic N) is 3. The van der Waals surface area contributed by atoms with Crippen LogP contribution in [0, 0.1) is 23.7 Å². The maximum atomic E-state index is 4.65. The van der Waals surface area contributed by atoms with E-state index in [1.54, 1.807) is 0 Å². The molecule has 6 atom stereocenters. The topological polar surface area (TPSA) is 28.0 Å². The number of rotatable bonds is 1. The van der Waals surface area contributed by atoms with Crippen LogP contribution in [-0.4, -0.2) is 12.1 Å². The summed E-state index contributed by atoms with van der Waals surface area (Å²) >= 11 is 0. The van der Waals surface area contributed by atoms with Crippen molar-refractivity contribution in [3.05, 3.63) is 30.3 Å². The van der Waals surface area contributed by atoms with Gasteiger partial charge >= 0.3 is 0 Å². The fourth-order valence-corrected chi connectivity index (χ4v) is 5.50. The fourth-order valence-electron chi connectivity index (χ4n) is 5.50. The van der Waals surface area contributed by atoms with E-state index in [0.29, 0.717) is 12.1 Å². The number of para-hydroxylation sites is 1. The second-order valence-electron chi connectivity index (χ2n) is 6.69. The SMILES string of the molecule is c1ccc(N2N=N[C@H]3[C@@H]4C[C@H]([C@H]5CCC[C@@H]54)[C@@H]32)cc1. The average molecular weight is 253 g/mol. The molecule has 3 saturated carbocycles. The summed E-state index contributed by atoms with van der Waals surface area (Å²) in [5, 5.41) is 11.4. The predicted molar refractivity (Wildman–Crippen MR) is 73.8 cm³/mol. The highest BCUT2D eigenvalue weighted by molar-refractivity contribution is 5.48. The molecular weight excluding hydrogens is 234 g/mol. The molecule has 2 bridgehead atoms. The lowest BCUT2D eigenvalue weighted by Crippen LogP contribution is -2.44. The molecule has 98 valence electrons. The van der Waals surface area contributed by atoms with Gasteiger partial charge in [0.15, 0.2) is 0 Å². The minimum absolute atomic E-state index is 0.490. The van der Waals surface area contributed by atoms with Crippen LogP contribution < -0.4 is 5.01 Å². The number of hydrogen-bond donors (Lipinski definition) is 0. The van der Waals surface area contributed by atoms with Crippen molar-refractivity contribution in [2.24, 2.45) is 34.0 Å². The Morgan fingerprint density at radius 3 is 2.58 bits per heavy atom. The van der Waals surface area contributed by atoms with Gasteiger partial charge in [-0.15, -0.1) is 0 Å². The van der Waals surface area contributed by atoms with Gasteiger partial charge in [-0.05, 0) is 55.1 Å². The summed E-state index contributed by atoms with van der Waals surface area (Å²) < 4.78 is 0. The van der Waals surface area contributed by atoms with Crippen molar-refractivity contribution in [1.29, 1.82) is 0 Å². The summed E-state index contributed by atoms with van der Waals surface area (Å²) in [6.07, 6.45) is 5.77. The molecule has 0 amide bonds. The van der Waals surface area contributed by atoms with Gasteiger partial charge in [0.05, 0.1) is 17.8 Å². The minimum atomic E-state index is 0.490. The summed E-state index contributed by atoms with van der Waals surface area (Å²) in [5.74, 6) is 3.62. The van der Waals surface area contributed by atoms with Crippen LogP contribution in [0.15, 0.2) is 40.7 Å². The molecular formula is C16H19N3. The van der Waals surface area contributed by atoms with Crippen LogP contribution in [0.25, 0.3) is 0 Å². The van der Waals surface area contributed by atoms with E-state index in [1.165, 1.54) is 31.4 Å². The van der Waals surface area contributed by atoms with Crippen molar-refractivity contribution in [1.82, 2.24) is 0 Å². The molecule has 4 aliphatic rings. The zero-order chi connectivity index (χ0) is 12.4. The standard InChI is InChI=1S/C16H19N3/c1-2-5-10(6-3-1)19-16-14-9-13(15(16)17-18-19)11-7-4-8-12(11)14/h1-3,5-6,11-16H,4,7-9H2/t11-,12-,13+,14+,15-,16-/m0/s1. The first-order chi connectivity index (χ1) is 9.43. The van der Waals surface area contributed by atoms with E-state index in [2.05, 4.69) is 45.7 Å². The number of fused-ring (bicyclic) bond motifs is 8. The van der Waals surface area contributed by atoms with Crippen molar-refractivity contribution < 1.29 is 0 Å². The molecule has 1 aromatic rings. The van der Waals surface area contributed by atoms with Crippen molar-refractivity contribution in [2.75, 3.05) is 5.01 Å². The van der Waals surface area contributed by atoms with Crippen LogP contribution in [0.3, 0.4) is 0 Å². The van der Waals surface area contributed by atoms with E-state index in [-0.39, 0.29) is 0 Å². The van der Waals surface area contributed by atoms with Gasteiger partial charge in [-0.25, -0.2) is 5.01 Å². The van der Waals surface area contributed by atoms with Crippen LogP contribution in [-0.2, 0) is 0 Å². The van der Waals surface area contributed by atoms with Gasteiger partial charge in [0.25, 0.3) is 0 Å². The molecule has 1 aliphatic heterocycles. The lowest BCUT2D eigenvalue weighted by atomic mass is 9.76. The largest absolute Gasteiger partial charge is 0.242 e. The monoisotopic (exact) mass is 253 g/mol. The first kappa shape index (κ1) is 10.4. The Balaban J connectivity index is 1.52. The summed E-state index contributed by atoms with van der Waals surface area (Å²) in [7, 11) is 0. The third-order valence-electron chi connectivity index (χ3n) is 6.08. The molecule has 0 saturated heterocycles. The van der Waals surface area contributed by atoms with Crippen LogP contribution in [0.5, 0.6) is 0 Å². The fraction of sp³-hybridized carbons (Fsp3) is 0.625. The van der Waals surface area contributed by atoms with E-state index >= 15 is 0 Å². The van der Waals surface area contributed by atoms with Gasteiger partial charge < -0.3 is 0 Å². The minimum Gasteiger partial charge on any atom is -0.242 e. The molecule has 3 aliphatic carbocycles. The van der Waals surface area contributed by atoms with Crippen LogP contribution in [0.1, 0.15) is 25.7 Å². The van der Waals surface area contributed by atoms with Crippen molar-refractivity contribution in [3.8, 4) is 0 Å². The molecule has 1 heterocycles. The third-order valence-corrected chi connectivity index (χ3v) is 6.08. The Morgan fingerprint density at radius 2 is 1.74 bits per heavy atom. The summed E-state index contributed by atoms with van der Waals surface area (Å²) in [5.41, 5.74) is 1.22. The van der Waals surface area contributed by atoms with Crippen LogP contribution in [0.4, 0.5) is 5.69 Å². The Morgan fingerprint density at radius 1 is 0.947 bits per heavy atom. The normalized spacial score (nSPS) is 45.8. The van der Waals surface area contributed by atoms with E-state index in [4.69, 9.17) is 0 Å². The lowest BCUT2D eigenvalue weighted by molar-refractivity contribution is 0.217. The van der Waals surface area contributed by atoms with Crippen molar-refractivity contribution in [2.45, 2.75) is 37.8 Å². The molecule has 0 spiro atoms. The van der Waals surface area contributed by atoms with Gasteiger partial charge in [0.1, 0.15) is 0 Å². The van der Waals surface area contributed by atoms with Gasteiger partial charge in [0, 0.05) is 0 Å². The zero-order valence-electron chi connectivity index (χ0n) is 11.0. The Bertz CT molecular complexity index is 526. The Hall–Kier alpha value is -1.38. The number of benzene rings is 1. The maximum Gasteiger partial charge on any atom is 0.0987 e. The molecule has 3 fully saturated rings. The zero-order valence-corrected chi connectivity index (χ0v) is 11.0. The van der Waals surface area contributed by atoms with Gasteiger partial charge in [-0.2, -0.15) is 5.11 Å². The quantitative estimate of drug-likeness (QED) is 0.750. The number of anilines is 1. The molecule has 0 unspecified atom stereocenters. The van der Waals surface area contributed by atoms with Crippen LogP contribution >= 0.6 is 0 Å². The van der Waals surface area contributed by atoms with E-state index in [9.17, 15) is 0 Å². The van der Waals surface area contributed by atoms with Gasteiger partial charge in [-0.3, -0.25) is 0 Å². The average Bonchev–Trinajstić information content (AvgIpc) is 3.17. The van der Waals surface area contributed by atoms with E-state index < -0.39 is 0 Å². The molecule has 1 aromatic carbocycles. The molecule has 3 nitrogen and oxygen atoms in total. The third kappa shape index (κ3) is 1.24. The summed E-state index contributed by atoms with van der Waals surface area (Å²) in [4.78, 5) is 0. The molecule has 0 N–H and O–H groups in total. The first-order valence-electron chi connectivity index (χ1n) is 7.68. The summed E-state index contributed by atoms with van der Waals surface area (Å²) in [6, 6.07) is 11.7. The van der Waals surface area contributed by atoms with Crippen molar-refractivity contribution >= 4 is 5.69 Å². The molecule has 0 aromatic heterocycles. The first-order valence-corrected chi connectivity index (χ1v) is 7.68. The van der Waals surface area contributed by atoms with E-state index in [0.717, 1.165) is 23.7 Å². The highest BCUT2D eigenvalue weighted by Gasteiger charge is 2.62. The molecule has 19 heavy (non-hydrogen) atoms. The molecule has 0 radical (unpaired) electrons. The number of hydrogen-bond acceptors (Lipinski definition) is 3. The van der Waals surface area contributed by atoms with Gasteiger partial charge in [0.2, 0.25) is 0 Å². The van der Waals surface area contributed by atoms with Crippen molar-refractivity contribution in [3.63, 3.8) is 0 Å². The lowest BCUT2D eigenvalue weighted by Gasteiger charge is -2.35. The van der Waals surface area contributed by atoms with E-state index in [1.807, 2.05) is 0 Å². The molecule has 3 heteroatoms. The summed E-state index contributed by atoms with van der Waals surface area (Å²) in [6.45, 7) is 0. The highest BCUT2D eigenvalue weighted by Crippen LogP contribution is 2.62. The second kappa shape index (κ2) is 3.59. The van der Waals surface area contributed by atoms with Crippen LogP contribution in [0.2, 0.25) is 0 Å². The molecule has 5 rings (SSSR count). The smallest absolute Gasteiger partial charge is 0.0987 e. The van der Waals surface area contributed by atoms with Gasteiger partial charge in [-0.1, -0.05) is 29.8 Å². The highest BCUT2D eigenvalue weighted by atomic mass is 15.6. The predicted octanol–water partition coefficient (Wildman–Crippen LogP) is 3.68.